The van der Waals surface area contributed by atoms with Crippen LogP contribution >= 0.6 is 38.5 Å². The quantitative estimate of drug-likeness (QED) is 0.691. The summed E-state index contributed by atoms with van der Waals surface area (Å²) in [6.45, 7) is 0. The molecule has 0 spiro atoms. The molecule has 0 N–H and O–H groups in total. The van der Waals surface area contributed by atoms with Gasteiger partial charge in [-0.2, -0.15) is 0 Å². The Morgan fingerprint density at radius 3 is 2.80 bits per heavy atom. The van der Waals surface area contributed by atoms with Crippen LogP contribution in [0, 0.1) is 0 Å². The molecular weight excluding hydrogens is 303 g/mol. The highest BCUT2D eigenvalue weighted by Crippen LogP contribution is 2.12. The van der Waals surface area contributed by atoms with Crippen LogP contribution in [0.3, 0.4) is 0 Å². The van der Waals surface area contributed by atoms with Crippen molar-refractivity contribution in [2.75, 3.05) is 0 Å². The van der Waals surface area contributed by atoms with E-state index in [2.05, 4.69) is 56.7 Å². The van der Waals surface area contributed by atoms with Gasteiger partial charge in [-0.3, -0.25) is 0 Å². The largest absolute Gasteiger partial charge is 0.0606 e. The predicted molar refractivity (Wildman–Crippen MR) is 57.2 cm³/mol. The van der Waals surface area contributed by atoms with Crippen LogP contribution in [0.5, 0.6) is 0 Å². The van der Waals surface area contributed by atoms with E-state index in [9.17, 15) is 0 Å². The molecule has 0 fully saturated rings. The summed E-state index contributed by atoms with van der Waals surface area (Å²) in [5.74, 6) is 0. The fraction of sp³-hybridized carbons (Fsp3) is 0. The first-order chi connectivity index (χ1) is 4.83. The standard InChI is InChI=1S/C8H6BrI/c9-8-3-1-2-7(6-8)4-5-10/h1-6H/b5-4-. The maximum atomic E-state index is 3.40. The predicted octanol–water partition coefficient (Wildman–Crippen LogP) is 3.85. The van der Waals surface area contributed by atoms with Crippen molar-refractivity contribution in [3.05, 3.63) is 38.4 Å². The van der Waals surface area contributed by atoms with Crippen molar-refractivity contribution in [2.45, 2.75) is 0 Å². The van der Waals surface area contributed by atoms with Gasteiger partial charge in [0.05, 0.1) is 0 Å². The number of halogens is 2. The zero-order chi connectivity index (χ0) is 7.40. The fourth-order valence-electron chi connectivity index (χ4n) is 0.683. The summed E-state index contributed by atoms with van der Waals surface area (Å²) in [6, 6.07) is 8.19. The number of hydrogen-bond acceptors (Lipinski definition) is 0. The molecule has 0 bridgehead atoms. The third-order valence-electron chi connectivity index (χ3n) is 1.10. The van der Waals surface area contributed by atoms with Crippen LogP contribution in [-0.2, 0) is 0 Å². The molecule has 0 aliphatic heterocycles. The highest BCUT2D eigenvalue weighted by atomic mass is 127. The molecule has 0 amide bonds. The van der Waals surface area contributed by atoms with E-state index in [0.29, 0.717) is 0 Å². The van der Waals surface area contributed by atoms with Gasteiger partial charge in [0.2, 0.25) is 0 Å². The molecule has 0 aliphatic rings. The molecule has 0 aromatic heterocycles. The Balaban J connectivity index is 2.95. The summed E-state index contributed by atoms with van der Waals surface area (Å²) in [4.78, 5) is 0. The van der Waals surface area contributed by atoms with Gasteiger partial charge >= 0.3 is 0 Å². The Morgan fingerprint density at radius 1 is 1.40 bits per heavy atom. The van der Waals surface area contributed by atoms with Gasteiger partial charge in [0.1, 0.15) is 0 Å². The lowest BCUT2D eigenvalue weighted by atomic mass is 10.2. The number of hydrogen-bond donors (Lipinski definition) is 0. The molecule has 1 aromatic carbocycles. The monoisotopic (exact) mass is 308 g/mol. The topological polar surface area (TPSA) is 0 Å². The van der Waals surface area contributed by atoms with Gasteiger partial charge in [0.25, 0.3) is 0 Å². The smallest absolute Gasteiger partial charge is 0.0181 e. The van der Waals surface area contributed by atoms with Gasteiger partial charge < -0.3 is 0 Å². The van der Waals surface area contributed by atoms with Gasteiger partial charge in [0.15, 0.2) is 0 Å². The normalized spacial score (nSPS) is 10.6. The van der Waals surface area contributed by atoms with Crippen LogP contribution in [-0.4, -0.2) is 0 Å². The van der Waals surface area contributed by atoms with E-state index < -0.39 is 0 Å². The zero-order valence-corrected chi connectivity index (χ0v) is 8.96. The van der Waals surface area contributed by atoms with Crippen molar-refractivity contribution >= 4 is 44.6 Å². The summed E-state index contributed by atoms with van der Waals surface area (Å²) in [5.41, 5.74) is 1.23. The SMILES string of the molecule is Brc1cccc(/C=C\I)c1. The summed E-state index contributed by atoms with van der Waals surface area (Å²) in [7, 11) is 0. The molecule has 52 valence electrons. The second-order valence-electron chi connectivity index (χ2n) is 1.85. The average molecular weight is 309 g/mol. The minimum absolute atomic E-state index is 1.12. The van der Waals surface area contributed by atoms with Gasteiger partial charge in [-0.1, -0.05) is 50.7 Å². The molecule has 0 radical (unpaired) electrons. The lowest BCUT2D eigenvalue weighted by Crippen LogP contribution is -1.68. The molecule has 0 heterocycles. The Kier molecular flexibility index (Phi) is 3.42. The molecule has 0 atom stereocenters. The summed E-state index contributed by atoms with van der Waals surface area (Å²) in [6.07, 6.45) is 2.06. The lowest BCUT2D eigenvalue weighted by Gasteiger charge is -1.91. The van der Waals surface area contributed by atoms with Crippen LogP contribution in [0.4, 0.5) is 0 Å². The molecule has 1 aromatic rings. The maximum Gasteiger partial charge on any atom is 0.0181 e. The lowest BCUT2D eigenvalue weighted by molar-refractivity contribution is 1.61. The van der Waals surface area contributed by atoms with E-state index in [0.717, 1.165) is 4.47 Å². The number of rotatable bonds is 1. The van der Waals surface area contributed by atoms with Gasteiger partial charge in [0, 0.05) is 4.47 Å². The van der Waals surface area contributed by atoms with Crippen molar-refractivity contribution in [1.82, 2.24) is 0 Å². The first kappa shape index (κ1) is 8.27. The van der Waals surface area contributed by atoms with E-state index in [1.807, 2.05) is 16.2 Å². The first-order valence-electron chi connectivity index (χ1n) is 2.85. The average Bonchev–Trinajstić information content (AvgIpc) is 1.88. The fourth-order valence-corrected chi connectivity index (χ4v) is 1.52. The molecule has 0 nitrogen and oxygen atoms in total. The molecule has 2 heteroatoms. The minimum Gasteiger partial charge on any atom is -0.0606 e. The molecule has 1 rings (SSSR count). The van der Waals surface area contributed by atoms with E-state index in [1.165, 1.54) is 5.56 Å². The Morgan fingerprint density at radius 2 is 2.20 bits per heavy atom. The van der Waals surface area contributed by atoms with Crippen molar-refractivity contribution < 1.29 is 0 Å². The maximum absolute atomic E-state index is 3.40. The van der Waals surface area contributed by atoms with Crippen LogP contribution in [0.15, 0.2) is 32.8 Å². The van der Waals surface area contributed by atoms with Crippen LogP contribution < -0.4 is 0 Å². The molecule has 0 saturated carbocycles. The second-order valence-corrected chi connectivity index (χ2v) is 3.48. The van der Waals surface area contributed by atoms with E-state index >= 15 is 0 Å². The van der Waals surface area contributed by atoms with Gasteiger partial charge in [-0.25, -0.2) is 0 Å². The Hall–Kier alpha value is 0.170. The molecule has 0 saturated heterocycles. The molecular formula is C8H6BrI. The van der Waals surface area contributed by atoms with Gasteiger partial charge in [-0.15, -0.1) is 0 Å². The summed E-state index contributed by atoms with van der Waals surface area (Å²) < 4.78 is 3.12. The number of benzene rings is 1. The third-order valence-corrected chi connectivity index (χ3v) is 1.96. The zero-order valence-electron chi connectivity index (χ0n) is 5.22. The van der Waals surface area contributed by atoms with Crippen LogP contribution in [0.1, 0.15) is 5.56 Å². The van der Waals surface area contributed by atoms with Gasteiger partial charge in [-0.05, 0) is 27.9 Å². The second kappa shape index (κ2) is 4.13. The molecule has 10 heavy (non-hydrogen) atoms. The van der Waals surface area contributed by atoms with E-state index in [4.69, 9.17) is 0 Å². The van der Waals surface area contributed by atoms with E-state index in [1.54, 1.807) is 0 Å². The minimum atomic E-state index is 1.12. The van der Waals surface area contributed by atoms with Crippen molar-refractivity contribution in [3.63, 3.8) is 0 Å². The highest BCUT2D eigenvalue weighted by Gasteiger charge is 1.85. The molecule has 0 unspecified atom stereocenters. The van der Waals surface area contributed by atoms with Crippen molar-refractivity contribution in [3.8, 4) is 0 Å². The summed E-state index contributed by atoms with van der Waals surface area (Å²) in [5, 5.41) is 0. The summed E-state index contributed by atoms with van der Waals surface area (Å²) >= 11 is 5.60. The third kappa shape index (κ3) is 2.42. The van der Waals surface area contributed by atoms with Crippen LogP contribution in [0.25, 0.3) is 6.08 Å². The van der Waals surface area contributed by atoms with Crippen molar-refractivity contribution in [1.29, 1.82) is 0 Å². The van der Waals surface area contributed by atoms with Crippen molar-refractivity contribution in [2.24, 2.45) is 0 Å². The highest BCUT2D eigenvalue weighted by molar-refractivity contribution is 14.1. The van der Waals surface area contributed by atoms with E-state index in [-0.39, 0.29) is 0 Å². The molecule has 0 aliphatic carbocycles. The first-order valence-corrected chi connectivity index (χ1v) is 4.89. The Labute approximate surface area is 82.6 Å². The Bertz CT molecular complexity index is 243. The van der Waals surface area contributed by atoms with Crippen LogP contribution in [0.2, 0.25) is 0 Å².